The second-order valence-corrected chi connectivity index (χ2v) is 15.1. The third kappa shape index (κ3) is 5.61. The second-order valence-electron chi connectivity index (χ2n) is 14.6. The first-order valence-corrected chi connectivity index (χ1v) is 17.6. The van der Waals surface area contributed by atoms with Crippen LogP contribution >= 0.6 is 11.6 Å². The molecule has 262 valence electrons. The third-order valence-corrected chi connectivity index (χ3v) is 11.6. The molecule has 3 aliphatic carbocycles. The van der Waals surface area contributed by atoms with E-state index in [9.17, 15) is 22.8 Å². The quantitative estimate of drug-likeness (QED) is 0.155. The fourth-order valence-corrected chi connectivity index (χ4v) is 8.60. The summed E-state index contributed by atoms with van der Waals surface area (Å²) in [6, 6.07) is 18.1. The van der Waals surface area contributed by atoms with Crippen molar-refractivity contribution in [2.45, 2.75) is 76.3 Å². The molecule has 0 amide bonds. The number of para-hydroxylation sites is 1. The molecule has 0 saturated heterocycles. The number of halogens is 5. The molecule has 1 aliphatic heterocycles. The summed E-state index contributed by atoms with van der Waals surface area (Å²) in [6.45, 7) is 2.25. The number of fused-ring (bicyclic) bond motifs is 3. The summed E-state index contributed by atoms with van der Waals surface area (Å²) >= 11 is 6.00. The summed E-state index contributed by atoms with van der Waals surface area (Å²) in [5, 5.41) is 13.8. The minimum absolute atomic E-state index is 0.155. The van der Waals surface area contributed by atoms with Gasteiger partial charge in [-0.25, -0.2) is 9.37 Å². The fourth-order valence-electron chi connectivity index (χ4n) is 8.44. The van der Waals surface area contributed by atoms with Gasteiger partial charge >= 0.3 is 12.1 Å². The predicted molar refractivity (Wildman–Crippen MR) is 177 cm³/mol. The summed E-state index contributed by atoms with van der Waals surface area (Å²) in [7, 11) is 0. The summed E-state index contributed by atoms with van der Waals surface area (Å²) in [4.78, 5) is 8.54. The number of hydrogen-bond acceptors (Lipinski definition) is 7. The monoisotopic (exact) mass is 717 g/mol. The summed E-state index contributed by atoms with van der Waals surface area (Å²) in [5.41, 5.74) is 2.78. The molecule has 3 fully saturated rings. The molecule has 2 aromatic heterocycles. The molecule has 4 aliphatic rings. The molecule has 3 atom stereocenters. The molecule has 3 aromatic carbocycles. The van der Waals surface area contributed by atoms with Crippen LogP contribution in [0.1, 0.15) is 74.2 Å². The van der Waals surface area contributed by atoms with Gasteiger partial charge in [-0.1, -0.05) is 28.9 Å². The van der Waals surface area contributed by atoms with Crippen LogP contribution in [0.4, 0.5) is 17.6 Å². The number of nitriles is 1. The highest BCUT2D eigenvalue weighted by atomic mass is 35.5. The van der Waals surface area contributed by atoms with Crippen molar-refractivity contribution in [2.24, 2.45) is 23.2 Å². The third-order valence-electron chi connectivity index (χ3n) is 11.4. The Morgan fingerprint density at radius 2 is 1.78 bits per heavy atom. The zero-order valence-corrected chi connectivity index (χ0v) is 28.3. The predicted octanol–water partition coefficient (Wildman–Crippen LogP) is 9.61. The molecule has 0 spiro atoms. The number of ether oxygens (including phenoxy) is 2. The Balaban J connectivity index is 0.931. The van der Waals surface area contributed by atoms with Crippen LogP contribution in [0.25, 0.3) is 22.4 Å². The van der Waals surface area contributed by atoms with E-state index in [0.29, 0.717) is 51.9 Å². The van der Waals surface area contributed by atoms with Crippen LogP contribution in [0.5, 0.6) is 11.5 Å². The van der Waals surface area contributed by atoms with Gasteiger partial charge in [0.25, 0.3) is 5.79 Å². The summed E-state index contributed by atoms with van der Waals surface area (Å²) in [5.74, 6) is 0.602. The van der Waals surface area contributed by atoms with E-state index in [1.165, 1.54) is 6.07 Å². The Bertz CT molecular complexity index is 2230. The van der Waals surface area contributed by atoms with Gasteiger partial charge in [-0.05, 0) is 105 Å². The van der Waals surface area contributed by atoms with Crippen LogP contribution in [0, 0.1) is 40.3 Å². The number of imidazole rings is 1. The smallest absolute Gasteiger partial charge is 0.444 e. The number of alkyl halides is 3. The zero-order valence-electron chi connectivity index (χ0n) is 27.5. The Kier molecular flexibility index (Phi) is 7.24. The Labute approximate surface area is 295 Å². The van der Waals surface area contributed by atoms with Gasteiger partial charge in [0.05, 0.1) is 28.1 Å². The van der Waals surface area contributed by atoms with Crippen molar-refractivity contribution in [3.63, 3.8) is 0 Å². The lowest BCUT2D eigenvalue weighted by atomic mass is 9.88. The number of aromatic nitrogens is 4. The number of benzene rings is 3. The molecule has 8 nitrogen and oxygen atoms in total. The van der Waals surface area contributed by atoms with E-state index in [4.69, 9.17) is 26.1 Å². The van der Waals surface area contributed by atoms with Gasteiger partial charge in [0, 0.05) is 36.0 Å². The lowest BCUT2D eigenvalue weighted by Crippen LogP contribution is -2.32. The minimum atomic E-state index is -4.73. The molecule has 13 heteroatoms. The van der Waals surface area contributed by atoms with Gasteiger partial charge in [0.2, 0.25) is 5.82 Å². The highest BCUT2D eigenvalue weighted by Gasteiger charge is 2.52. The van der Waals surface area contributed by atoms with Crippen molar-refractivity contribution in [3.8, 4) is 29.0 Å². The topological polar surface area (TPSA) is 99.0 Å². The van der Waals surface area contributed by atoms with Gasteiger partial charge in [0.1, 0.15) is 11.6 Å². The van der Waals surface area contributed by atoms with E-state index < -0.39 is 29.1 Å². The lowest BCUT2D eigenvalue weighted by molar-refractivity contribution is -0.159. The maximum absolute atomic E-state index is 14.9. The van der Waals surface area contributed by atoms with E-state index in [0.717, 1.165) is 61.9 Å². The number of hydrogen-bond donors (Lipinski definition) is 0. The van der Waals surface area contributed by atoms with Crippen molar-refractivity contribution >= 4 is 22.6 Å². The van der Waals surface area contributed by atoms with Crippen LogP contribution in [0.3, 0.4) is 0 Å². The van der Waals surface area contributed by atoms with Crippen molar-refractivity contribution in [1.29, 1.82) is 5.26 Å². The van der Waals surface area contributed by atoms with Crippen LogP contribution < -0.4 is 9.47 Å². The molecule has 3 saturated carbocycles. The lowest BCUT2D eigenvalue weighted by Gasteiger charge is -2.25. The normalized spacial score (nSPS) is 26.1. The van der Waals surface area contributed by atoms with E-state index in [1.807, 2.05) is 18.2 Å². The van der Waals surface area contributed by atoms with Gasteiger partial charge in [-0.15, -0.1) is 0 Å². The second kappa shape index (κ2) is 11.4. The van der Waals surface area contributed by atoms with E-state index >= 15 is 0 Å². The van der Waals surface area contributed by atoms with E-state index in [1.54, 1.807) is 31.2 Å². The molecule has 51 heavy (non-hydrogen) atoms. The van der Waals surface area contributed by atoms with Crippen LogP contribution in [0.2, 0.25) is 5.02 Å². The largest absolute Gasteiger partial charge is 0.471 e. The molecule has 9 rings (SSSR count). The number of nitrogens with zero attached hydrogens (tertiary/aromatic N) is 5. The SMILES string of the molecule is C[C@]1(c2ccc(Cl)cc2F)Oc2cccc(C3CCC4C(CC3)C4Cc3nc4cc(-c5noc(C(F)(F)F)n5)ccc4n3CC3(C#N)CC3)c2O1. The highest BCUT2D eigenvalue weighted by Crippen LogP contribution is 2.59. The highest BCUT2D eigenvalue weighted by molar-refractivity contribution is 6.30. The molecule has 0 N–H and O–H groups in total. The first-order valence-electron chi connectivity index (χ1n) is 17.2. The molecule has 0 bridgehead atoms. The van der Waals surface area contributed by atoms with E-state index in [2.05, 4.69) is 31.4 Å². The van der Waals surface area contributed by atoms with E-state index in [-0.39, 0.29) is 17.3 Å². The maximum Gasteiger partial charge on any atom is 0.471 e. The standard InChI is InChI=1S/C38H32ClF4N5O3/c1-36(27-11-8-22(39)16-28(27)40)49-31-4-2-3-23(33(31)50-36)20-5-9-24-25(10-6-20)26(24)17-32-45-29-15-21(34-46-35(51-47-34)38(41,42)43)7-12-30(29)48(32)19-37(18-44)13-14-37/h2-4,7-8,11-12,15-16,20,24-26H,5-6,9-10,13-14,17,19H2,1H3/t20?,24?,25?,26?,36-/m0/s1. The Morgan fingerprint density at radius 3 is 2.47 bits per heavy atom. The first kappa shape index (κ1) is 32.3. The fraction of sp³-hybridized carbons (Fsp3) is 0.421. The van der Waals surface area contributed by atoms with Gasteiger partial charge < -0.3 is 18.6 Å². The summed E-state index contributed by atoms with van der Waals surface area (Å²) < 4.78 is 73.5. The number of rotatable bonds is 7. The molecule has 0 radical (unpaired) electrons. The van der Waals surface area contributed by atoms with Crippen LogP contribution in [0.15, 0.2) is 59.1 Å². The van der Waals surface area contributed by atoms with Gasteiger partial charge in [0.15, 0.2) is 11.5 Å². The summed E-state index contributed by atoms with van der Waals surface area (Å²) in [6.07, 6.45) is 1.71. The molecule has 2 unspecified atom stereocenters. The first-order chi connectivity index (χ1) is 24.4. The minimum Gasteiger partial charge on any atom is -0.444 e. The Morgan fingerprint density at radius 1 is 1.00 bits per heavy atom. The zero-order chi connectivity index (χ0) is 35.3. The molecule has 3 heterocycles. The molecule has 5 aromatic rings. The van der Waals surface area contributed by atoms with Crippen molar-refractivity contribution < 1.29 is 31.6 Å². The molecular weight excluding hydrogens is 686 g/mol. The average molecular weight is 718 g/mol. The van der Waals surface area contributed by atoms with Crippen LogP contribution in [-0.4, -0.2) is 19.7 Å². The van der Waals surface area contributed by atoms with Crippen molar-refractivity contribution in [3.05, 3.63) is 88.3 Å². The van der Waals surface area contributed by atoms with Gasteiger partial charge in [-0.3, -0.25) is 0 Å². The Hall–Kier alpha value is -4.63. The van der Waals surface area contributed by atoms with Crippen LogP contribution in [-0.2, 0) is 24.9 Å². The average Bonchev–Trinajstić information content (AvgIpc) is 3.83. The van der Waals surface area contributed by atoms with Crippen molar-refractivity contribution in [1.82, 2.24) is 19.7 Å². The van der Waals surface area contributed by atoms with Crippen molar-refractivity contribution in [2.75, 3.05) is 0 Å². The van der Waals surface area contributed by atoms with Gasteiger partial charge in [-0.2, -0.15) is 23.4 Å². The molecular formula is C38H32ClF4N5O3. The maximum atomic E-state index is 14.9.